The summed E-state index contributed by atoms with van der Waals surface area (Å²) in [5, 5.41) is 1.66. The Morgan fingerprint density at radius 3 is 2.26 bits per heavy atom. The number of ether oxygens (including phenoxy) is 2. The first kappa shape index (κ1) is 21.1. The van der Waals surface area contributed by atoms with Crippen molar-refractivity contribution < 1.29 is 23.3 Å². The van der Waals surface area contributed by atoms with Crippen LogP contribution in [0.15, 0.2) is 52.8 Å². The third-order valence-corrected chi connectivity index (χ3v) is 6.10. The number of rotatable bonds is 7. The maximum atomic E-state index is 12.5. The van der Waals surface area contributed by atoms with E-state index in [1.807, 2.05) is 37.3 Å². The molecular formula is C21H26O5S. The Morgan fingerprint density at radius 2 is 1.74 bits per heavy atom. The Morgan fingerprint density at radius 1 is 1.19 bits per heavy atom. The first-order chi connectivity index (χ1) is 12.8. The molecule has 0 N–H and O–H groups in total. The summed E-state index contributed by atoms with van der Waals surface area (Å²) in [5.74, 6) is -0.771. The second-order valence-electron chi connectivity index (χ2n) is 7.09. The minimum absolute atomic E-state index is 0.0475. The summed E-state index contributed by atoms with van der Waals surface area (Å²) in [6.45, 7) is 6.08. The Balaban J connectivity index is 2.14. The fourth-order valence-electron chi connectivity index (χ4n) is 3.51. The Hall–Kier alpha value is -2.21. The van der Waals surface area contributed by atoms with Gasteiger partial charge in [0.2, 0.25) is 0 Å². The van der Waals surface area contributed by atoms with E-state index in [4.69, 9.17) is 9.47 Å². The van der Waals surface area contributed by atoms with Crippen molar-refractivity contribution in [3.63, 3.8) is 0 Å². The van der Waals surface area contributed by atoms with Crippen LogP contribution in [0.25, 0.3) is 0 Å². The largest absolute Gasteiger partial charge is 0.469 e. The van der Waals surface area contributed by atoms with Gasteiger partial charge in [0.15, 0.2) is 0 Å². The van der Waals surface area contributed by atoms with Crippen molar-refractivity contribution in [3.8, 4) is 0 Å². The maximum absolute atomic E-state index is 12.5. The molecule has 27 heavy (non-hydrogen) atoms. The standard InChI is InChI=1S/C21H26O5S/c1-15-5-7-18(8-6-15)27(24)10-9-17-12-21(11-16(17)2,13-19(22)25-3)14-20(23)26-4/h5-10,17H,2,11-14H2,1,3-4H3/b10-9+/t17-,27?/m1/s1. The molecule has 0 bridgehead atoms. The molecule has 0 aromatic heterocycles. The van der Waals surface area contributed by atoms with E-state index in [-0.39, 0.29) is 30.7 Å². The van der Waals surface area contributed by atoms with Gasteiger partial charge in [0.05, 0.1) is 37.9 Å². The van der Waals surface area contributed by atoms with Gasteiger partial charge in [0.1, 0.15) is 0 Å². The number of hydrogen-bond acceptors (Lipinski definition) is 5. The molecule has 1 fully saturated rings. The summed E-state index contributed by atoms with van der Waals surface area (Å²) in [5.41, 5.74) is 1.46. The van der Waals surface area contributed by atoms with Crippen LogP contribution in [0, 0.1) is 18.3 Å². The van der Waals surface area contributed by atoms with Gasteiger partial charge in [-0.15, -0.1) is 0 Å². The summed E-state index contributed by atoms with van der Waals surface area (Å²) in [6.07, 6.45) is 3.22. The average Bonchev–Trinajstić information content (AvgIpc) is 2.94. The summed E-state index contributed by atoms with van der Waals surface area (Å²) in [6, 6.07) is 7.54. The Bertz CT molecular complexity index is 745. The van der Waals surface area contributed by atoms with Crippen LogP contribution in [0.1, 0.15) is 31.2 Å². The molecule has 0 amide bonds. The molecule has 1 aliphatic carbocycles. The van der Waals surface area contributed by atoms with Crippen LogP contribution < -0.4 is 0 Å². The van der Waals surface area contributed by atoms with Gasteiger partial charge in [0, 0.05) is 10.3 Å². The molecule has 1 aromatic carbocycles. The van der Waals surface area contributed by atoms with Crippen molar-refractivity contribution in [2.45, 2.75) is 37.5 Å². The van der Waals surface area contributed by atoms with Gasteiger partial charge >= 0.3 is 11.9 Å². The zero-order chi connectivity index (χ0) is 20.0. The number of carbonyl (C=O) groups excluding carboxylic acids is 2. The minimum atomic E-state index is -1.26. The molecule has 1 saturated carbocycles. The summed E-state index contributed by atoms with van der Waals surface area (Å²) >= 11 is 0. The van der Waals surface area contributed by atoms with Crippen LogP contribution in [0.4, 0.5) is 0 Å². The molecule has 2 rings (SSSR count). The monoisotopic (exact) mass is 390 g/mol. The molecule has 1 aromatic rings. The zero-order valence-corrected chi connectivity index (χ0v) is 16.8. The van der Waals surface area contributed by atoms with E-state index in [9.17, 15) is 13.8 Å². The molecule has 2 atom stereocenters. The first-order valence-electron chi connectivity index (χ1n) is 8.75. The van der Waals surface area contributed by atoms with Crippen molar-refractivity contribution in [2.75, 3.05) is 14.2 Å². The highest BCUT2D eigenvalue weighted by Crippen LogP contribution is 2.50. The number of benzene rings is 1. The van der Waals surface area contributed by atoms with Crippen molar-refractivity contribution in [3.05, 3.63) is 53.5 Å². The molecule has 1 aliphatic rings. The van der Waals surface area contributed by atoms with Crippen LogP contribution in [0.5, 0.6) is 0 Å². The lowest BCUT2D eigenvalue weighted by molar-refractivity contribution is -0.147. The lowest BCUT2D eigenvalue weighted by atomic mass is 9.78. The molecule has 146 valence electrons. The second kappa shape index (κ2) is 9.13. The number of carbonyl (C=O) groups is 2. The van der Waals surface area contributed by atoms with E-state index in [2.05, 4.69) is 6.58 Å². The predicted molar refractivity (Wildman–Crippen MR) is 104 cm³/mol. The maximum Gasteiger partial charge on any atom is 0.306 e. The highest BCUT2D eigenvalue weighted by atomic mass is 32.2. The van der Waals surface area contributed by atoms with Crippen LogP contribution >= 0.6 is 0 Å². The average molecular weight is 391 g/mol. The quantitative estimate of drug-likeness (QED) is 0.524. The lowest BCUT2D eigenvalue weighted by Crippen LogP contribution is -2.26. The molecule has 5 nitrogen and oxygen atoms in total. The molecule has 0 spiro atoms. The Labute approximate surface area is 162 Å². The zero-order valence-electron chi connectivity index (χ0n) is 16.0. The minimum Gasteiger partial charge on any atom is -0.469 e. The van der Waals surface area contributed by atoms with Gasteiger partial charge in [-0.3, -0.25) is 9.59 Å². The summed E-state index contributed by atoms with van der Waals surface area (Å²) in [7, 11) is 1.41. The number of hydrogen-bond donors (Lipinski definition) is 0. The molecule has 0 heterocycles. The van der Waals surface area contributed by atoms with E-state index in [1.54, 1.807) is 5.41 Å². The van der Waals surface area contributed by atoms with E-state index in [0.717, 1.165) is 16.0 Å². The number of methoxy groups -OCH3 is 2. The molecule has 1 unspecified atom stereocenters. The van der Waals surface area contributed by atoms with E-state index >= 15 is 0 Å². The molecule has 0 aliphatic heterocycles. The highest BCUT2D eigenvalue weighted by Gasteiger charge is 2.44. The summed E-state index contributed by atoms with van der Waals surface area (Å²) < 4.78 is 22.1. The van der Waals surface area contributed by atoms with Gasteiger partial charge < -0.3 is 9.47 Å². The first-order valence-corrected chi connectivity index (χ1v) is 9.97. The second-order valence-corrected chi connectivity index (χ2v) is 8.43. The van der Waals surface area contributed by atoms with Crippen molar-refractivity contribution >= 4 is 22.7 Å². The predicted octanol–water partition coefficient (Wildman–Crippen LogP) is 3.70. The van der Waals surface area contributed by atoms with Gasteiger partial charge in [-0.2, -0.15) is 0 Å². The van der Waals surface area contributed by atoms with Gasteiger partial charge in [-0.05, 0) is 43.2 Å². The smallest absolute Gasteiger partial charge is 0.306 e. The topological polar surface area (TPSA) is 69.7 Å². The van der Waals surface area contributed by atoms with Crippen molar-refractivity contribution in [2.24, 2.45) is 11.3 Å². The van der Waals surface area contributed by atoms with Crippen molar-refractivity contribution in [1.82, 2.24) is 0 Å². The fourth-order valence-corrected chi connectivity index (χ4v) is 4.40. The van der Waals surface area contributed by atoms with Crippen LogP contribution in [0.3, 0.4) is 0 Å². The fraction of sp³-hybridized carbons (Fsp3) is 0.429. The van der Waals surface area contributed by atoms with Crippen LogP contribution in [-0.4, -0.2) is 30.4 Å². The normalized spacial score (nSPS) is 19.8. The third kappa shape index (κ3) is 5.63. The van der Waals surface area contributed by atoms with Crippen LogP contribution in [0.2, 0.25) is 0 Å². The molecule has 0 saturated heterocycles. The third-order valence-electron chi connectivity index (χ3n) is 4.96. The van der Waals surface area contributed by atoms with E-state index in [1.165, 1.54) is 14.2 Å². The molecule has 6 heteroatoms. The lowest BCUT2D eigenvalue weighted by Gasteiger charge is -2.26. The summed E-state index contributed by atoms with van der Waals surface area (Å²) in [4.78, 5) is 24.5. The Kier molecular flexibility index (Phi) is 7.13. The van der Waals surface area contributed by atoms with Gasteiger partial charge in [-0.1, -0.05) is 35.9 Å². The van der Waals surface area contributed by atoms with Gasteiger partial charge in [0.25, 0.3) is 0 Å². The van der Waals surface area contributed by atoms with E-state index < -0.39 is 16.2 Å². The number of esters is 2. The highest BCUT2D eigenvalue weighted by molar-refractivity contribution is 7.88. The van der Waals surface area contributed by atoms with Crippen molar-refractivity contribution in [1.29, 1.82) is 0 Å². The molecular weight excluding hydrogens is 364 g/mol. The number of allylic oxidation sites excluding steroid dienone is 2. The number of aryl methyl sites for hydroxylation is 1. The van der Waals surface area contributed by atoms with Crippen LogP contribution in [-0.2, 0) is 29.9 Å². The SMILES string of the molecule is C=C1CC(CC(=O)OC)(CC(=O)OC)C[C@H]1/C=C/S(=O)c1ccc(C)cc1. The van der Waals surface area contributed by atoms with Gasteiger partial charge in [-0.25, -0.2) is 4.21 Å². The molecule has 0 radical (unpaired) electrons. The van der Waals surface area contributed by atoms with E-state index in [0.29, 0.717) is 12.8 Å².